The summed E-state index contributed by atoms with van der Waals surface area (Å²) in [5.41, 5.74) is -0.611. The predicted molar refractivity (Wildman–Crippen MR) is 115 cm³/mol. The van der Waals surface area contributed by atoms with E-state index in [4.69, 9.17) is 30.6 Å². The molecule has 166 valence electrons. The normalized spacial score (nSPS) is 8.83. The zero-order valence-electron chi connectivity index (χ0n) is 20.4. The maximum Gasteiger partial charge on any atom is 0.106 e. The summed E-state index contributed by atoms with van der Waals surface area (Å²) in [6, 6.07) is 8.42. The fraction of sp³-hybridized carbons (Fsp3) is 0.727. The summed E-state index contributed by atoms with van der Waals surface area (Å²) in [5.74, 6) is 0. The Kier molecular flexibility index (Phi) is 37.8. The van der Waals surface area contributed by atoms with Crippen LogP contribution in [0.2, 0.25) is 0 Å². The molecule has 0 saturated heterocycles. The van der Waals surface area contributed by atoms with Crippen LogP contribution in [0.5, 0.6) is 0 Å². The van der Waals surface area contributed by atoms with Crippen molar-refractivity contribution in [3.63, 3.8) is 0 Å². The molecule has 0 aromatic carbocycles. The first-order valence-corrected chi connectivity index (χ1v) is 8.47. The SMILES string of the molecule is C=O.C=O.CC(C)(C)C#N.CC(C)(C)C#N.CC(C)(C)C#N.CC(C)(C)C#N.[W]. The van der Waals surface area contributed by atoms with E-state index >= 15 is 0 Å². The van der Waals surface area contributed by atoms with Crippen molar-refractivity contribution in [2.24, 2.45) is 21.7 Å². The Morgan fingerprint density at radius 1 is 0.414 bits per heavy atom. The van der Waals surface area contributed by atoms with Crippen molar-refractivity contribution in [3.05, 3.63) is 0 Å². The minimum Gasteiger partial charge on any atom is -0.307 e. The van der Waals surface area contributed by atoms with Crippen LogP contribution in [0.15, 0.2) is 0 Å². The van der Waals surface area contributed by atoms with Gasteiger partial charge >= 0.3 is 0 Å². The van der Waals surface area contributed by atoms with Crippen LogP contribution in [0.3, 0.4) is 0 Å². The molecule has 0 atom stereocenters. The Morgan fingerprint density at radius 2 is 0.448 bits per heavy atom. The number of hydrogen-bond acceptors (Lipinski definition) is 6. The van der Waals surface area contributed by atoms with Gasteiger partial charge in [0, 0.05) is 42.7 Å². The van der Waals surface area contributed by atoms with Crippen molar-refractivity contribution in [2.45, 2.75) is 83.1 Å². The molecule has 0 amide bonds. The Hall–Kier alpha value is -2.01. The van der Waals surface area contributed by atoms with Crippen LogP contribution in [0.25, 0.3) is 0 Å². The van der Waals surface area contributed by atoms with E-state index in [2.05, 4.69) is 24.3 Å². The molecular formula is C22H40N4O2W. The van der Waals surface area contributed by atoms with Gasteiger partial charge < -0.3 is 9.59 Å². The van der Waals surface area contributed by atoms with Gasteiger partial charge in [0.2, 0.25) is 0 Å². The molecule has 0 aromatic rings. The molecule has 0 aliphatic heterocycles. The molecule has 0 aliphatic carbocycles. The Labute approximate surface area is 194 Å². The molecule has 0 rings (SSSR count). The van der Waals surface area contributed by atoms with Crippen molar-refractivity contribution in [1.82, 2.24) is 0 Å². The number of carbonyl (C=O) groups excluding carboxylic acids is 2. The summed E-state index contributed by atoms with van der Waals surface area (Å²) in [6.45, 7) is 26.6. The summed E-state index contributed by atoms with van der Waals surface area (Å²) in [5, 5.41) is 32.6. The van der Waals surface area contributed by atoms with Gasteiger partial charge in [0.05, 0.1) is 24.3 Å². The van der Waals surface area contributed by atoms with Crippen molar-refractivity contribution in [1.29, 1.82) is 21.0 Å². The second-order valence-electron chi connectivity index (χ2n) is 9.45. The molecule has 0 spiro atoms. The van der Waals surface area contributed by atoms with Crippen LogP contribution in [-0.4, -0.2) is 13.6 Å². The van der Waals surface area contributed by atoms with E-state index in [0.29, 0.717) is 0 Å². The zero-order chi connectivity index (χ0) is 24.8. The largest absolute Gasteiger partial charge is 0.307 e. The number of nitriles is 4. The summed E-state index contributed by atoms with van der Waals surface area (Å²) < 4.78 is 0. The maximum absolute atomic E-state index is 8.15. The summed E-state index contributed by atoms with van der Waals surface area (Å²) in [6.07, 6.45) is 0. The minimum absolute atomic E-state index is 0. The van der Waals surface area contributed by atoms with Crippen LogP contribution >= 0.6 is 0 Å². The molecule has 0 N–H and O–H groups in total. The van der Waals surface area contributed by atoms with E-state index in [9.17, 15) is 0 Å². The fourth-order valence-corrected chi connectivity index (χ4v) is 0. The van der Waals surface area contributed by atoms with Gasteiger partial charge in [0.15, 0.2) is 0 Å². The first kappa shape index (κ1) is 45.6. The van der Waals surface area contributed by atoms with Crippen molar-refractivity contribution in [3.8, 4) is 24.3 Å². The zero-order valence-corrected chi connectivity index (χ0v) is 23.4. The molecule has 0 aliphatic rings. The van der Waals surface area contributed by atoms with Gasteiger partial charge in [-0.2, -0.15) is 21.0 Å². The van der Waals surface area contributed by atoms with Gasteiger partial charge in [0.25, 0.3) is 0 Å². The topological polar surface area (TPSA) is 129 Å². The van der Waals surface area contributed by atoms with Gasteiger partial charge in [-0.05, 0) is 83.1 Å². The van der Waals surface area contributed by atoms with Gasteiger partial charge in [-0.3, -0.25) is 0 Å². The second-order valence-corrected chi connectivity index (χ2v) is 9.45. The van der Waals surface area contributed by atoms with E-state index < -0.39 is 0 Å². The molecule has 6 nitrogen and oxygen atoms in total. The summed E-state index contributed by atoms with van der Waals surface area (Å²) >= 11 is 0. The third kappa shape index (κ3) is 150. The molecule has 0 saturated carbocycles. The first-order valence-electron chi connectivity index (χ1n) is 8.47. The Morgan fingerprint density at radius 3 is 0.448 bits per heavy atom. The minimum atomic E-state index is -0.153. The molecule has 29 heavy (non-hydrogen) atoms. The van der Waals surface area contributed by atoms with Crippen LogP contribution in [0, 0.1) is 67.0 Å². The van der Waals surface area contributed by atoms with Crippen molar-refractivity contribution < 1.29 is 30.7 Å². The van der Waals surface area contributed by atoms with Gasteiger partial charge in [0.1, 0.15) is 13.6 Å². The Balaban J connectivity index is -0.0000000415. The number of nitrogens with zero attached hydrogens (tertiary/aromatic N) is 4. The smallest absolute Gasteiger partial charge is 0.106 e. The molecule has 7 heteroatoms. The Bertz CT molecular complexity index is 423. The molecule has 0 aromatic heterocycles. The molecule has 0 bridgehead atoms. The van der Waals surface area contributed by atoms with E-state index in [1.54, 1.807) is 0 Å². The third-order valence-electron chi connectivity index (χ3n) is 1.34. The average molecular weight is 576 g/mol. The van der Waals surface area contributed by atoms with E-state index in [-0.39, 0.29) is 42.7 Å². The standard InChI is InChI=1S/4C5H9N.2CH2O.W/c4*1-5(2,3)4-6;2*1-2;/h4*1-3H3;2*1H2;. The first-order chi connectivity index (χ1) is 12.2. The van der Waals surface area contributed by atoms with Crippen LogP contribution in [0.4, 0.5) is 0 Å². The van der Waals surface area contributed by atoms with Gasteiger partial charge in [-0.15, -0.1) is 0 Å². The van der Waals surface area contributed by atoms with Crippen LogP contribution < -0.4 is 0 Å². The predicted octanol–water partition coefficient (Wildman–Crippen LogP) is 5.85. The molecular weight excluding hydrogens is 536 g/mol. The molecule has 0 radical (unpaired) electrons. The number of rotatable bonds is 0. The van der Waals surface area contributed by atoms with Crippen LogP contribution in [0.1, 0.15) is 83.1 Å². The quantitative estimate of drug-likeness (QED) is 0.356. The van der Waals surface area contributed by atoms with E-state index in [1.165, 1.54) is 0 Å². The summed E-state index contributed by atoms with van der Waals surface area (Å²) in [4.78, 5) is 16.0. The second kappa shape index (κ2) is 24.0. The summed E-state index contributed by atoms with van der Waals surface area (Å²) in [7, 11) is 0. The third-order valence-corrected chi connectivity index (χ3v) is 1.34. The molecule has 0 fully saturated rings. The van der Waals surface area contributed by atoms with E-state index in [1.807, 2.05) is 96.7 Å². The van der Waals surface area contributed by atoms with Gasteiger partial charge in [-0.25, -0.2) is 0 Å². The number of hydrogen-bond donors (Lipinski definition) is 0. The van der Waals surface area contributed by atoms with Crippen molar-refractivity contribution >= 4 is 13.6 Å². The fourth-order valence-electron chi connectivity index (χ4n) is 0. The monoisotopic (exact) mass is 576 g/mol. The van der Waals surface area contributed by atoms with Gasteiger partial charge in [-0.1, -0.05) is 0 Å². The van der Waals surface area contributed by atoms with Crippen LogP contribution in [-0.2, 0) is 30.7 Å². The molecule has 0 unspecified atom stereocenters. The maximum atomic E-state index is 8.15. The average Bonchev–Trinajstić information content (AvgIpc) is 2.57. The molecule has 0 heterocycles. The van der Waals surface area contributed by atoms with Crippen molar-refractivity contribution in [2.75, 3.05) is 0 Å². The number of carbonyl (C=O) groups is 2. The van der Waals surface area contributed by atoms with E-state index in [0.717, 1.165) is 0 Å².